The molecule has 29 heavy (non-hydrogen) atoms. The Bertz CT molecular complexity index is 1230. The molecule has 0 spiro atoms. The fourth-order valence-corrected chi connectivity index (χ4v) is 5.06. The fourth-order valence-electron chi connectivity index (χ4n) is 4.07. The second-order valence-corrected chi connectivity index (χ2v) is 8.37. The summed E-state index contributed by atoms with van der Waals surface area (Å²) >= 11 is 8.04. The number of ether oxygens (including phenoxy) is 1. The normalized spacial score (nSPS) is 19.6. The molecule has 0 radical (unpaired) electrons. The lowest BCUT2D eigenvalue weighted by Crippen LogP contribution is -2.32. The molecular weight excluding hydrogens is 404 g/mol. The van der Waals surface area contributed by atoms with Crippen molar-refractivity contribution in [1.82, 2.24) is 14.8 Å². The van der Waals surface area contributed by atoms with Crippen LogP contribution in [0.2, 0.25) is 5.02 Å². The molecule has 6 rings (SSSR count). The number of hydrogen-bond acceptors (Lipinski definition) is 5. The summed E-state index contributed by atoms with van der Waals surface area (Å²) in [4.78, 5) is 5.62. The maximum absolute atomic E-state index is 6.55. The first-order valence-electron chi connectivity index (χ1n) is 9.25. The van der Waals surface area contributed by atoms with E-state index in [1.165, 1.54) is 4.88 Å². The van der Waals surface area contributed by atoms with Gasteiger partial charge < -0.3 is 10.1 Å². The van der Waals surface area contributed by atoms with Gasteiger partial charge >= 0.3 is 0 Å². The van der Waals surface area contributed by atoms with Gasteiger partial charge in [0.15, 0.2) is 0 Å². The van der Waals surface area contributed by atoms with Crippen LogP contribution in [-0.4, -0.2) is 14.8 Å². The quantitative estimate of drug-likeness (QED) is 0.463. The highest BCUT2D eigenvalue weighted by molar-refractivity contribution is 7.10. The Hall–Kier alpha value is -3.09. The van der Waals surface area contributed by atoms with Crippen LogP contribution in [0.25, 0.3) is 5.70 Å². The zero-order valence-corrected chi connectivity index (χ0v) is 16.7. The molecule has 5 nitrogen and oxygen atoms in total. The van der Waals surface area contributed by atoms with E-state index in [-0.39, 0.29) is 12.1 Å². The molecule has 0 amide bonds. The van der Waals surface area contributed by atoms with Crippen LogP contribution < -0.4 is 10.1 Å². The van der Waals surface area contributed by atoms with Gasteiger partial charge in [0.25, 0.3) is 0 Å². The number of anilines is 1. The molecule has 2 unspecified atom stereocenters. The smallest absolute Gasteiger partial charge is 0.226 e. The van der Waals surface area contributed by atoms with E-state index in [2.05, 4.69) is 45.0 Å². The Labute approximate surface area is 176 Å². The van der Waals surface area contributed by atoms with Gasteiger partial charge in [0.1, 0.15) is 24.2 Å². The number of halogens is 1. The Kier molecular flexibility index (Phi) is 3.76. The minimum atomic E-state index is -0.253. The van der Waals surface area contributed by atoms with Crippen molar-refractivity contribution < 1.29 is 4.74 Å². The summed E-state index contributed by atoms with van der Waals surface area (Å²) in [6.45, 7) is 0. The summed E-state index contributed by atoms with van der Waals surface area (Å²) in [5.74, 6) is 1.51. The molecule has 142 valence electrons. The first-order valence-corrected chi connectivity index (χ1v) is 10.5. The highest BCUT2D eigenvalue weighted by Gasteiger charge is 2.41. The monoisotopic (exact) mass is 418 g/mol. The largest absolute Gasteiger partial charge is 0.480 e. The van der Waals surface area contributed by atoms with Crippen molar-refractivity contribution >= 4 is 34.6 Å². The number of hydrogen-bond donors (Lipinski definition) is 1. The standard InChI is InChI=1S/C22H15ClN4OS/c23-14-8-9-16-15(11-14)19-18(21(28-16)13-5-2-1-3-6-13)20(17-7-4-10-29-17)27-22(26-19)24-12-25-27/h1-12,20-21H,(H,24,25,26). The Morgan fingerprint density at radius 2 is 1.97 bits per heavy atom. The lowest BCUT2D eigenvalue weighted by atomic mass is 9.87. The van der Waals surface area contributed by atoms with Gasteiger partial charge in [-0.15, -0.1) is 11.3 Å². The molecule has 1 N–H and O–H groups in total. The first kappa shape index (κ1) is 16.8. The van der Waals surface area contributed by atoms with Crippen LogP contribution in [0, 0.1) is 0 Å². The third kappa shape index (κ3) is 2.60. The number of aromatic nitrogens is 3. The molecular formula is C22H15ClN4OS. The van der Waals surface area contributed by atoms with Crippen LogP contribution >= 0.6 is 22.9 Å². The summed E-state index contributed by atoms with van der Waals surface area (Å²) in [6.07, 6.45) is 1.33. The van der Waals surface area contributed by atoms with E-state index in [0.29, 0.717) is 11.0 Å². The van der Waals surface area contributed by atoms with Crippen molar-refractivity contribution in [2.24, 2.45) is 0 Å². The summed E-state index contributed by atoms with van der Waals surface area (Å²) in [7, 11) is 0. The Balaban J connectivity index is 1.65. The Morgan fingerprint density at radius 1 is 1.07 bits per heavy atom. The molecule has 0 bridgehead atoms. The summed E-state index contributed by atoms with van der Waals surface area (Å²) in [5.41, 5.74) is 4.12. The molecule has 2 aliphatic rings. The van der Waals surface area contributed by atoms with Crippen LogP contribution in [0.5, 0.6) is 5.75 Å². The van der Waals surface area contributed by atoms with E-state index in [1.54, 1.807) is 17.7 Å². The van der Waals surface area contributed by atoms with Gasteiger partial charge in [-0.3, -0.25) is 0 Å². The maximum atomic E-state index is 6.55. The first-order chi connectivity index (χ1) is 14.3. The molecule has 2 aromatic heterocycles. The van der Waals surface area contributed by atoms with Crippen molar-refractivity contribution in [3.63, 3.8) is 0 Å². The zero-order chi connectivity index (χ0) is 19.4. The maximum Gasteiger partial charge on any atom is 0.226 e. The number of nitrogens with one attached hydrogen (secondary N) is 1. The predicted molar refractivity (Wildman–Crippen MR) is 114 cm³/mol. The molecule has 2 aromatic carbocycles. The van der Waals surface area contributed by atoms with E-state index in [0.717, 1.165) is 28.1 Å². The number of fused-ring (bicyclic) bond motifs is 3. The number of benzene rings is 2. The van der Waals surface area contributed by atoms with Crippen molar-refractivity contribution in [3.05, 3.63) is 99.0 Å². The molecule has 0 aliphatic carbocycles. The molecule has 0 fully saturated rings. The third-order valence-corrected chi connectivity index (χ3v) is 6.45. The van der Waals surface area contributed by atoms with Crippen LogP contribution in [-0.2, 0) is 0 Å². The fraction of sp³-hybridized carbons (Fsp3) is 0.0909. The second-order valence-electron chi connectivity index (χ2n) is 6.95. The molecule has 2 atom stereocenters. The average Bonchev–Trinajstić information content (AvgIpc) is 3.44. The highest BCUT2D eigenvalue weighted by atomic mass is 35.5. The van der Waals surface area contributed by atoms with Crippen LogP contribution in [0.4, 0.5) is 5.95 Å². The number of thiophene rings is 1. The second kappa shape index (κ2) is 6.47. The molecule has 4 heterocycles. The van der Waals surface area contributed by atoms with E-state index in [9.17, 15) is 0 Å². The van der Waals surface area contributed by atoms with E-state index >= 15 is 0 Å². The van der Waals surface area contributed by atoms with Crippen LogP contribution in [0.1, 0.15) is 28.1 Å². The van der Waals surface area contributed by atoms with Crippen molar-refractivity contribution in [2.45, 2.75) is 12.1 Å². The van der Waals surface area contributed by atoms with Crippen molar-refractivity contribution in [1.29, 1.82) is 0 Å². The minimum absolute atomic E-state index is 0.110. The van der Waals surface area contributed by atoms with Gasteiger partial charge in [-0.25, -0.2) is 4.68 Å². The van der Waals surface area contributed by atoms with Crippen LogP contribution in [0.3, 0.4) is 0 Å². The summed E-state index contributed by atoms with van der Waals surface area (Å²) < 4.78 is 8.48. The number of nitrogens with zero attached hydrogens (tertiary/aromatic N) is 3. The predicted octanol–water partition coefficient (Wildman–Crippen LogP) is 5.55. The summed E-state index contributed by atoms with van der Waals surface area (Å²) in [5, 5.41) is 10.8. The van der Waals surface area contributed by atoms with Gasteiger partial charge in [-0.1, -0.05) is 48.0 Å². The molecule has 0 saturated heterocycles. The SMILES string of the molecule is Clc1ccc2c(c1)C1=C(C(c3ccccc3)O2)C(c2cccs2)n2ncnc2N1. The van der Waals surface area contributed by atoms with Crippen molar-refractivity contribution in [3.8, 4) is 5.75 Å². The van der Waals surface area contributed by atoms with E-state index in [1.807, 2.05) is 41.1 Å². The lowest BCUT2D eigenvalue weighted by Gasteiger charge is -2.38. The van der Waals surface area contributed by atoms with Gasteiger partial charge in [0, 0.05) is 21.0 Å². The van der Waals surface area contributed by atoms with Gasteiger partial charge in [0.2, 0.25) is 5.95 Å². The van der Waals surface area contributed by atoms with E-state index in [4.69, 9.17) is 16.3 Å². The molecule has 0 saturated carbocycles. The summed E-state index contributed by atoms with van der Waals surface area (Å²) in [6, 6.07) is 20.1. The highest BCUT2D eigenvalue weighted by Crippen LogP contribution is 2.51. The third-order valence-electron chi connectivity index (χ3n) is 5.29. The van der Waals surface area contributed by atoms with Gasteiger partial charge in [-0.2, -0.15) is 10.1 Å². The lowest BCUT2D eigenvalue weighted by molar-refractivity contribution is 0.223. The van der Waals surface area contributed by atoms with Crippen LogP contribution in [0.15, 0.2) is 77.9 Å². The minimum Gasteiger partial charge on any atom is -0.480 e. The van der Waals surface area contributed by atoms with E-state index < -0.39 is 0 Å². The van der Waals surface area contributed by atoms with Crippen molar-refractivity contribution in [2.75, 3.05) is 5.32 Å². The molecule has 2 aliphatic heterocycles. The molecule has 4 aromatic rings. The zero-order valence-electron chi connectivity index (χ0n) is 15.1. The number of rotatable bonds is 2. The van der Waals surface area contributed by atoms with Gasteiger partial charge in [-0.05, 0) is 35.2 Å². The average molecular weight is 419 g/mol. The topological polar surface area (TPSA) is 52.0 Å². The van der Waals surface area contributed by atoms with Gasteiger partial charge in [0.05, 0.1) is 5.70 Å². The Morgan fingerprint density at radius 3 is 2.79 bits per heavy atom. The molecule has 7 heteroatoms.